The monoisotopic (exact) mass is 279 g/mol. The Morgan fingerprint density at radius 3 is 2.70 bits per heavy atom. The normalized spacial score (nSPS) is 12.1. The first-order chi connectivity index (χ1) is 9.45. The van der Waals surface area contributed by atoms with Crippen molar-refractivity contribution in [3.8, 4) is 0 Å². The molecular weight excluding hydrogens is 254 g/mol. The van der Waals surface area contributed by atoms with Crippen LogP contribution in [0.4, 0.5) is 11.4 Å². The first-order valence-electron chi connectivity index (χ1n) is 6.79. The number of nitrogens with zero attached hydrogens (tertiary/aromatic N) is 1. The van der Waals surface area contributed by atoms with Gasteiger partial charge in [0.2, 0.25) is 5.91 Å². The molecule has 1 amide bonds. The fourth-order valence-electron chi connectivity index (χ4n) is 1.87. The van der Waals surface area contributed by atoms with Crippen LogP contribution in [-0.2, 0) is 9.53 Å². The van der Waals surface area contributed by atoms with Crippen LogP contribution >= 0.6 is 0 Å². The van der Waals surface area contributed by atoms with E-state index in [4.69, 9.17) is 10.5 Å². The molecule has 0 heterocycles. The van der Waals surface area contributed by atoms with Gasteiger partial charge in [-0.15, -0.1) is 0 Å². The van der Waals surface area contributed by atoms with Crippen LogP contribution in [0.15, 0.2) is 18.2 Å². The van der Waals surface area contributed by atoms with Crippen molar-refractivity contribution < 1.29 is 9.53 Å². The molecule has 3 N–H and O–H groups in total. The summed E-state index contributed by atoms with van der Waals surface area (Å²) in [5.74, 6) is -0.151. The van der Waals surface area contributed by atoms with Gasteiger partial charge in [0.25, 0.3) is 0 Å². The van der Waals surface area contributed by atoms with Gasteiger partial charge in [-0.1, -0.05) is 0 Å². The van der Waals surface area contributed by atoms with Crippen LogP contribution in [0.5, 0.6) is 0 Å². The Hall–Kier alpha value is -1.59. The smallest absolute Gasteiger partial charge is 0.241 e. The van der Waals surface area contributed by atoms with Crippen molar-refractivity contribution in [3.05, 3.63) is 23.8 Å². The second-order valence-corrected chi connectivity index (χ2v) is 5.12. The summed E-state index contributed by atoms with van der Waals surface area (Å²) in [6.07, 6.45) is 1.40. The first-order valence-corrected chi connectivity index (χ1v) is 6.79. The first kappa shape index (κ1) is 16.5. The van der Waals surface area contributed by atoms with Crippen molar-refractivity contribution in [3.63, 3.8) is 0 Å². The number of carbonyl (C=O) groups excluding carboxylic acids is 1. The molecule has 1 aromatic carbocycles. The molecule has 0 aliphatic carbocycles. The van der Waals surface area contributed by atoms with E-state index >= 15 is 0 Å². The Kier molecular flexibility index (Phi) is 6.48. The third-order valence-electron chi connectivity index (χ3n) is 3.18. The lowest BCUT2D eigenvalue weighted by Crippen LogP contribution is -2.35. The van der Waals surface area contributed by atoms with Crippen molar-refractivity contribution in [1.82, 2.24) is 0 Å². The Morgan fingerprint density at radius 1 is 1.45 bits per heavy atom. The summed E-state index contributed by atoms with van der Waals surface area (Å²) >= 11 is 0. The molecule has 0 radical (unpaired) electrons. The molecule has 0 aliphatic rings. The minimum atomic E-state index is -0.502. The molecule has 1 rings (SSSR count). The average Bonchev–Trinajstić information content (AvgIpc) is 2.40. The lowest BCUT2D eigenvalue weighted by atomic mass is 10.1. The van der Waals surface area contributed by atoms with E-state index in [0.717, 1.165) is 23.4 Å². The van der Waals surface area contributed by atoms with Gasteiger partial charge < -0.3 is 20.7 Å². The van der Waals surface area contributed by atoms with Gasteiger partial charge in [0.1, 0.15) is 0 Å². The van der Waals surface area contributed by atoms with Crippen LogP contribution in [0.25, 0.3) is 0 Å². The second-order valence-electron chi connectivity index (χ2n) is 5.12. The van der Waals surface area contributed by atoms with E-state index in [9.17, 15) is 4.79 Å². The van der Waals surface area contributed by atoms with E-state index in [2.05, 4.69) is 5.32 Å². The zero-order valence-electron chi connectivity index (χ0n) is 12.8. The maximum atomic E-state index is 12.0. The molecule has 5 nitrogen and oxygen atoms in total. The molecule has 112 valence electrons. The SMILES string of the molecule is COCCCC(N)C(=O)Nc1ccc(N(C)C)cc1C. The lowest BCUT2D eigenvalue weighted by molar-refractivity contribution is -0.117. The summed E-state index contributed by atoms with van der Waals surface area (Å²) in [5, 5.41) is 2.88. The number of methoxy groups -OCH3 is 1. The van der Waals surface area contributed by atoms with Crippen LogP contribution in [0.3, 0.4) is 0 Å². The van der Waals surface area contributed by atoms with Crippen LogP contribution in [0.1, 0.15) is 18.4 Å². The predicted octanol–water partition coefficient (Wildman–Crippen LogP) is 1.75. The Balaban J connectivity index is 2.61. The summed E-state index contributed by atoms with van der Waals surface area (Å²) in [6, 6.07) is 5.41. The quantitative estimate of drug-likeness (QED) is 0.746. The Bertz CT molecular complexity index is 447. The van der Waals surface area contributed by atoms with E-state index in [1.54, 1.807) is 7.11 Å². The number of anilines is 2. The number of benzene rings is 1. The van der Waals surface area contributed by atoms with Crippen molar-refractivity contribution >= 4 is 17.3 Å². The van der Waals surface area contributed by atoms with Crippen LogP contribution < -0.4 is 16.0 Å². The summed E-state index contributed by atoms with van der Waals surface area (Å²) in [5.41, 5.74) is 8.79. The highest BCUT2D eigenvalue weighted by molar-refractivity contribution is 5.95. The van der Waals surface area contributed by atoms with Crippen molar-refractivity contribution in [2.45, 2.75) is 25.8 Å². The highest BCUT2D eigenvalue weighted by Crippen LogP contribution is 2.21. The molecule has 20 heavy (non-hydrogen) atoms. The average molecular weight is 279 g/mol. The zero-order valence-corrected chi connectivity index (χ0v) is 12.8. The highest BCUT2D eigenvalue weighted by atomic mass is 16.5. The zero-order chi connectivity index (χ0) is 15.1. The van der Waals surface area contributed by atoms with Gasteiger partial charge in [0.15, 0.2) is 0 Å². The van der Waals surface area contributed by atoms with Crippen molar-refractivity contribution in [2.75, 3.05) is 38.0 Å². The number of hydrogen-bond acceptors (Lipinski definition) is 4. The fourth-order valence-corrected chi connectivity index (χ4v) is 1.87. The number of hydrogen-bond donors (Lipinski definition) is 2. The molecule has 0 bridgehead atoms. The lowest BCUT2D eigenvalue weighted by Gasteiger charge is -2.17. The number of rotatable bonds is 7. The molecule has 0 saturated carbocycles. The molecule has 0 aliphatic heterocycles. The number of ether oxygens (including phenoxy) is 1. The van der Waals surface area contributed by atoms with Gasteiger partial charge in [0, 0.05) is 39.2 Å². The van der Waals surface area contributed by atoms with E-state index in [1.165, 1.54) is 0 Å². The van der Waals surface area contributed by atoms with Crippen molar-refractivity contribution in [1.29, 1.82) is 0 Å². The second kappa shape index (κ2) is 7.87. The predicted molar refractivity (Wildman–Crippen MR) is 83.2 cm³/mol. The third kappa shape index (κ3) is 4.83. The fraction of sp³-hybridized carbons (Fsp3) is 0.533. The maximum absolute atomic E-state index is 12.0. The molecule has 1 atom stereocenters. The van der Waals surface area contributed by atoms with E-state index < -0.39 is 6.04 Å². The molecule has 0 aromatic heterocycles. The minimum Gasteiger partial charge on any atom is -0.385 e. The summed E-state index contributed by atoms with van der Waals surface area (Å²) in [7, 11) is 5.61. The Labute approximate surface area is 121 Å². The van der Waals surface area contributed by atoms with Crippen LogP contribution in [-0.4, -0.2) is 39.8 Å². The molecule has 5 heteroatoms. The molecule has 1 unspecified atom stereocenters. The van der Waals surface area contributed by atoms with Crippen LogP contribution in [0, 0.1) is 6.92 Å². The molecule has 0 spiro atoms. The van der Waals surface area contributed by atoms with E-state index in [0.29, 0.717) is 13.0 Å². The Morgan fingerprint density at radius 2 is 2.15 bits per heavy atom. The number of amides is 1. The summed E-state index contributed by atoms with van der Waals surface area (Å²) in [4.78, 5) is 14.0. The van der Waals surface area contributed by atoms with Gasteiger partial charge in [-0.3, -0.25) is 4.79 Å². The van der Waals surface area contributed by atoms with Crippen molar-refractivity contribution in [2.24, 2.45) is 5.73 Å². The van der Waals surface area contributed by atoms with E-state index in [-0.39, 0.29) is 5.91 Å². The molecule has 0 saturated heterocycles. The molecule has 1 aromatic rings. The van der Waals surface area contributed by atoms with Gasteiger partial charge in [0.05, 0.1) is 6.04 Å². The topological polar surface area (TPSA) is 67.6 Å². The molecular formula is C15H25N3O2. The standard InChI is InChI=1S/C15H25N3O2/c1-11-10-12(18(2)3)7-8-14(11)17-15(19)13(16)6-5-9-20-4/h7-8,10,13H,5-6,9,16H2,1-4H3,(H,17,19). The molecule has 0 fully saturated rings. The van der Waals surface area contributed by atoms with Gasteiger partial charge in [-0.25, -0.2) is 0 Å². The summed E-state index contributed by atoms with van der Waals surface area (Å²) < 4.78 is 4.95. The highest BCUT2D eigenvalue weighted by Gasteiger charge is 2.14. The third-order valence-corrected chi connectivity index (χ3v) is 3.18. The van der Waals surface area contributed by atoms with Gasteiger partial charge in [-0.2, -0.15) is 0 Å². The van der Waals surface area contributed by atoms with Crippen LogP contribution in [0.2, 0.25) is 0 Å². The number of nitrogens with two attached hydrogens (primary N) is 1. The summed E-state index contributed by atoms with van der Waals surface area (Å²) in [6.45, 7) is 2.59. The number of carbonyl (C=O) groups is 1. The van der Waals surface area contributed by atoms with E-state index in [1.807, 2.05) is 44.1 Å². The maximum Gasteiger partial charge on any atom is 0.241 e. The van der Waals surface area contributed by atoms with Gasteiger partial charge >= 0.3 is 0 Å². The van der Waals surface area contributed by atoms with Gasteiger partial charge in [-0.05, 0) is 43.5 Å². The number of nitrogens with one attached hydrogen (secondary N) is 1. The largest absolute Gasteiger partial charge is 0.385 e. The number of aryl methyl sites for hydroxylation is 1. The minimum absolute atomic E-state index is 0.151.